The molecule has 5 rings (SSSR count). The molecule has 4 aromatic rings. The number of aromatic nitrogens is 3. The Morgan fingerprint density at radius 3 is 2.16 bits per heavy atom. The van der Waals surface area contributed by atoms with E-state index in [2.05, 4.69) is 29.7 Å². The SMILES string of the molecule is O=C(NCc1ccc(OC(F)(F)F)cc1)[C@H]1CN(c2nc3nc[nH]c(=O)c3s2)CCN1S(=O)(=O)c1ccc(OC(F)(F)F)cc1. The highest BCUT2D eigenvalue weighted by Gasteiger charge is 2.41. The van der Waals surface area contributed by atoms with Gasteiger partial charge in [0.1, 0.15) is 22.2 Å². The normalized spacial score (nSPS) is 16.5. The molecule has 0 aliphatic carbocycles. The number of fused-ring (bicyclic) bond motifs is 1. The minimum atomic E-state index is -4.99. The number of amides is 1. The predicted molar refractivity (Wildman–Crippen MR) is 146 cm³/mol. The summed E-state index contributed by atoms with van der Waals surface area (Å²) in [4.78, 5) is 37.6. The molecule has 0 radical (unpaired) electrons. The maximum absolute atomic E-state index is 13.6. The fourth-order valence-corrected chi connectivity index (χ4v) is 6.92. The average Bonchev–Trinajstić information content (AvgIpc) is 3.41. The van der Waals surface area contributed by atoms with Gasteiger partial charge in [0.05, 0.1) is 11.2 Å². The molecule has 0 unspecified atom stereocenters. The lowest BCUT2D eigenvalue weighted by molar-refractivity contribution is -0.275. The Bertz CT molecular complexity index is 1850. The van der Waals surface area contributed by atoms with Crippen molar-refractivity contribution >= 4 is 42.7 Å². The van der Waals surface area contributed by atoms with Crippen LogP contribution in [-0.2, 0) is 21.4 Å². The van der Waals surface area contributed by atoms with Crippen molar-refractivity contribution in [1.82, 2.24) is 24.6 Å². The standard InChI is InChI=1S/C25H20F6N6O6S2/c26-24(27,28)42-15-3-1-14(2-4-15)11-32-21(38)18-12-36(23-35-20-19(44-23)22(39)34-13-33-20)9-10-37(18)45(40,41)17-7-5-16(6-8-17)43-25(29,30)31/h1-8,13,18H,9-12H2,(H,32,38)(H,33,34,39)/t18-/m1/s1. The molecule has 3 heterocycles. The predicted octanol–water partition coefficient (Wildman–Crippen LogP) is 3.37. The molecule has 0 bridgehead atoms. The van der Waals surface area contributed by atoms with Crippen molar-refractivity contribution in [2.75, 3.05) is 24.5 Å². The van der Waals surface area contributed by atoms with Crippen molar-refractivity contribution < 1.29 is 49.0 Å². The first-order chi connectivity index (χ1) is 21.1. The van der Waals surface area contributed by atoms with E-state index in [1.807, 2.05) is 0 Å². The number of alkyl halides is 6. The van der Waals surface area contributed by atoms with Crippen molar-refractivity contribution in [1.29, 1.82) is 0 Å². The van der Waals surface area contributed by atoms with E-state index in [0.29, 0.717) is 5.56 Å². The smallest absolute Gasteiger partial charge is 0.406 e. The van der Waals surface area contributed by atoms with Crippen LogP contribution in [0.5, 0.6) is 11.5 Å². The van der Waals surface area contributed by atoms with Crippen molar-refractivity contribution in [3.05, 3.63) is 70.8 Å². The molecule has 1 aliphatic rings. The van der Waals surface area contributed by atoms with Crippen LogP contribution in [0.4, 0.5) is 31.5 Å². The number of sulfonamides is 1. The van der Waals surface area contributed by atoms with Crippen LogP contribution in [0, 0.1) is 0 Å². The molecule has 1 fully saturated rings. The summed E-state index contributed by atoms with van der Waals surface area (Å²) in [6.45, 7) is -0.670. The molecule has 20 heteroatoms. The zero-order valence-corrected chi connectivity index (χ0v) is 24.1. The molecule has 1 saturated heterocycles. The topological polar surface area (TPSA) is 147 Å². The fraction of sp³-hybridized carbons (Fsp3) is 0.280. The second kappa shape index (κ2) is 12.2. The van der Waals surface area contributed by atoms with Crippen LogP contribution in [0.15, 0.2) is 64.5 Å². The molecule has 2 N–H and O–H groups in total. The molecule has 1 aliphatic heterocycles. The molecule has 12 nitrogen and oxygen atoms in total. The number of piperazine rings is 1. The molecule has 2 aromatic carbocycles. The Morgan fingerprint density at radius 1 is 0.978 bits per heavy atom. The highest BCUT2D eigenvalue weighted by Crippen LogP contribution is 2.31. The van der Waals surface area contributed by atoms with E-state index in [9.17, 15) is 44.3 Å². The summed E-state index contributed by atoms with van der Waals surface area (Å²) in [5.74, 6) is -1.91. The molecule has 1 amide bonds. The number of carbonyl (C=O) groups is 1. The Labute approximate surface area is 253 Å². The molecule has 0 saturated carbocycles. The molecule has 0 spiro atoms. The van der Waals surface area contributed by atoms with Gasteiger partial charge in [-0.2, -0.15) is 9.29 Å². The van der Waals surface area contributed by atoms with Gasteiger partial charge in [-0.05, 0) is 42.0 Å². The Morgan fingerprint density at radius 2 is 1.58 bits per heavy atom. The van der Waals surface area contributed by atoms with Crippen LogP contribution in [0.25, 0.3) is 10.3 Å². The maximum atomic E-state index is 13.6. The van der Waals surface area contributed by atoms with Crippen molar-refractivity contribution in [3.8, 4) is 11.5 Å². The summed E-state index contributed by atoms with van der Waals surface area (Å²) < 4.78 is 111. The third-order valence-corrected chi connectivity index (χ3v) is 9.41. The lowest BCUT2D eigenvalue weighted by Gasteiger charge is -2.39. The second-order valence-electron chi connectivity index (χ2n) is 9.39. The summed E-state index contributed by atoms with van der Waals surface area (Å²) in [5.41, 5.74) is 0.0782. The third-order valence-electron chi connectivity index (χ3n) is 6.38. The van der Waals surface area contributed by atoms with Gasteiger partial charge in [0.2, 0.25) is 15.9 Å². The molecular formula is C25H20F6N6O6S2. The van der Waals surface area contributed by atoms with Gasteiger partial charge in [0.25, 0.3) is 5.56 Å². The Kier molecular flexibility index (Phi) is 8.64. The van der Waals surface area contributed by atoms with Gasteiger partial charge in [0, 0.05) is 26.2 Å². The maximum Gasteiger partial charge on any atom is 0.573 e. The van der Waals surface area contributed by atoms with Gasteiger partial charge < -0.3 is 24.7 Å². The molecule has 1 atom stereocenters. The number of thiazole rings is 1. The van der Waals surface area contributed by atoms with Gasteiger partial charge in [-0.25, -0.2) is 13.4 Å². The number of hydrogen-bond acceptors (Lipinski definition) is 10. The van der Waals surface area contributed by atoms with E-state index >= 15 is 0 Å². The molecule has 45 heavy (non-hydrogen) atoms. The number of aromatic amines is 1. The number of ether oxygens (including phenoxy) is 2. The summed E-state index contributed by atoms with van der Waals surface area (Å²) in [5, 5.41) is 2.86. The lowest BCUT2D eigenvalue weighted by atomic mass is 10.1. The van der Waals surface area contributed by atoms with E-state index in [0.717, 1.165) is 52.0 Å². The highest BCUT2D eigenvalue weighted by atomic mass is 32.2. The number of hydrogen-bond donors (Lipinski definition) is 2. The van der Waals surface area contributed by atoms with E-state index in [4.69, 9.17) is 0 Å². The first kappa shape index (κ1) is 32.0. The molecular weight excluding hydrogens is 658 g/mol. The monoisotopic (exact) mass is 678 g/mol. The quantitative estimate of drug-likeness (QED) is 0.268. The van der Waals surface area contributed by atoms with Gasteiger partial charge >= 0.3 is 12.7 Å². The average molecular weight is 679 g/mol. The first-order valence-corrected chi connectivity index (χ1v) is 14.9. The second-order valence-corrected chi connectivity index (χ2v) is 12.3. The van der Waals surface area contributed by atoms with Crippen LogP contribution in [0.3, 0.4) is 0 Å². The van der Waals surface area contributed by atoms with Crippen LogP contribution >= 0.6 is 11.3 Å². The van der Waals surface area contributed by atoms with Gasteiger partial charge in [-0.15, -0.1) is 26.3 Å². The van der Waals surface area contributed by atoms with E-state index in [1.165, 1.54) is 18.5 Å². The zero-order valence-electron chi connectivity index (χ0n) is 22.4. The summed E-state index contributed by atoms with van der Waals surface area (Å²) in [6, 6.07) is 6.71. The number of nitrogens with zero attached hydrogens (tertiary/aromatic N) is 4. The highest BCUT2D eigenvalue weighted by molar-refractivity contribution is 7.89. The number of benzene rings is 2. The van der Waals surface area contributed by atoms with Gasteiger partial charge in [-0.1, -0.05) is 23.5 Å². The largest absolute Gasteiger partial charge is 0.573 e. The van der Waals surface area contributed by atoms with Crippen LogP contribution in [0.1, 0.15) is 5.56 Å². The Balaban J connectivity index is 1.39. The van der Waals surface area contributed by atoms with Crippen LogP contribution in [-0.4, -0.2) is 72.0 Å². The Hall–Kier alpha value is -4.43. The number of carbonyl (C=O) groups excluding carboxylic acids is 1. The van der Waals surface area contributed by atoms with Crippen LogP contribution < -0.4 is 25.2 Å². The molecule has 2 aromatic heterocycles. The lowest BCUT2D eigenvalue weighted by Crippen LogP contribution is -2.60. The minimum Gasteiger partial charge on any atom is -0.406 e. The van der Waals surface area contributed by atoms with Crippen molar-refractivity contribution in [2.45, 2.75) is 30.2 Å². The van der Waals surface area contributed by atoms with Crippen molar-refractivity contribution in [3.63, 3.8) is 0 Å². The zero-order chi connectivity index (χ0) is 32.6. The van der Waals surface area contributed by atoms with Gasteiger partial charge in [-0.3, -0.25) is 9.59 Å². The summed E-state index contributed by atoms with van der Waals surface area (Å²) in [6.07, 6.45) is -8.72. The number of H-pyrrole nitrogens is 1. The number of halogens is 6. The number of rotatable bonds is 8. The van der Waals surface area contributed by atoms with E-state index in [-0.39, 0.29) is 41.7 Å². The van der Waals surface area contributed by atoms with Crippen molar-refractivity contribution in [2.24, 2.45) is 0 Å². The third kappa shape index (κ3) is 7.63. The number of nitrogens with one attached hydrogen (secondary N) is 2. The minimum absolute atomic E-state index is 0.0245. The fourth-order valence-electron chi connectivity index (χ4n) is 4.40. The van der Waals surface area contributed by atoms with E-state index in [1.54, 1.807) is 4.90 Å². The summed E-state index contributed by atoms with van der Waals surface area (Å²) >= 11 is 0.982. The molecule has 240 valence electrons. The van der Waals surface area contributed by atoms with Gasteiger partial charge in [0.15, 0.2) is 10.8 Å². The first-order valence-electron chi connectivity index (χ1n) is 12.7. The number of anilines is 1. The van der Waals surface area contributed by atoms with Crippen LogP contribution in [0.2, 0.25) is 0 Å². The van der Waals surface area contributed by atoms with E-state index < -0.39 is 56.7 Å². The summed E-state index contributed by atoms with van der Waals surface area (Å²) in [7, 11) is -4.46.